The SMILES string of the molecule is Cc1cc(Nc2cc(C)[nH]n2)nc(N2CCC3(CC2)N=C(C(C)C)N(C(C)c2ccc(-n4cc(F)cn4)nc2)C3C=O)n1. The molecule has 43 heavy (non-hydrogen) atoms. The van der Waals surface area contributed by atoms with Crippen LogP contribution in [0.25, 0.3) is 5.82 Å². The lowest BCUT2D eigenvalue weighted by atomic mass is 9.81. The Labute approximate surface area is 249 Å². The Morgan fingerprint density at radius 2 is 1.88 bits per heavy atom. The Kier molecular flexibility index (Phi) is 7.40. The second-order valence-corrected chi connectivity index (χ2v) is 11.7. The molecule has 1 fully saturated rings. The van der Waals surface area contributed by atoms with Crippen LogP contribution in [0.4, 0.5) is 22.0 Å². The molecule has 13 heteroatoms. The van der Waals surface area contributed by atoms with Gasteiger partial charge in [0.15, 0.2) is 17.5 Å². The van der Waals surface area contributed by atoms with Crippen molar-refractivity contribution in [3.63, 3.8) is 0 Å². The van der Waals surface area contributed by atoms with Gasteiger partial charge in [-0.2, -0.15) is 15.2 Å². The van der Waals surface area contributed by atoms with E-state index in [4.69, 9.17) is 15.0 Å². The number of carbonyl (C=O) groups is 1. The summed E-state index contributed by atoms with van der Waals surface area (Å²) in [5.41, 5.74) is 2.21. The van der Waals surface area contributed by atoms with Gasteiger partial charge in [-0.25, -0.2) is 19.0 Å². The van der Waals surface area contributed by atoms with Gasteiger partial charge < -0.3 is 19.9 Å². The number of hydrogen-bond acceptors (Lipinski definition) is 10. The maximum Gasteiger partial charge on any atom is 0.227 e. The zero-order chi connectivity index (χ0) is 30.3. The number of hydrogen-bond donors (Lipinski definition) is 2. The predicted molar refractivity (Wildman–Crippen MR) is 161 cm³/mol. The van der Waals surface area contributed by atoms with Crippen LogP contribution in [0.5, 0.6) is 0 Å². The molecule has 6 heterocycles. The molecule has 2 N–H and O–H groups in total. The molecule has 0 aliphatic carbocycles. The fraction of sp³-hybridized carbons (Fsp3) is 0.433. The highest BCUT2D eigenvalue weighted by atomic mass is 19.1. The third-order valence-corrected chi connectivity index (χ3v) is 8.27. The minimum absolute atomic E-state index is 0.126. The molecule has 0 radical (unpaired) electrons. The summed E-state index contributed by atoms with van der Waals surface area (Å²) < 4.78 is 14.9. The third kappa shape index (κ3) is 5.46. The summed E-state index contributed by atoms with van der Waals surface area (Å²) in [6, 6.07) is 7.01. The number of aldehydes is 1. The molecule has 0 saturated carbocycles. The summed E-state index contributed by atoms with van der Waals surface area (Å²) in [4.78, 5) is 36.4. The van der Waals surface area contributed by atoms with Gasteiger partial charge >= 0.3 is 0 Å². The number of aromatic amines is 1. The number of piperidine rings is 1. The molecule has 6 rings (SSSR count). The Morgan fingerprint density at radius 3 is 2.49 bits per heavy atom. The molecule has 2 unspecified atom stereocenters. The molecule has 0 aromatic carbocycles. The van der Waals surface area contributed by atoms with Crippen molar-refractivity contribution < 1.29 is 9.18 Å². The standard InChI is InChI=1S/C30H36FN11O/c1-18(2)28-37-30(24(17-43)42(28)21(5)22-6-7-27(32-14-22)41-16-23(31)15-33-41)8-10-40(11-9-30)29-34-19(3)12-25(36-29)35-26-13-20(4)38-39-26/h6-7,12-18,21,24H,8-11H2,1-5H3,(H2,34,35,36,38,39). The molecular formula is C30H36FN11O. The van der Waals surface area contributed by atoms with Crippen LogP contribution in [-0.2, 0) is 4.79 Å². The topological polar surface area (TPSA) is 133 Å². The monoisotopic (exact) mass is 585 g/mol. The van der Waals surface area contributed by atoms with E-state index in [0.717, 1.165) is 35.3 Å². The van der Waals surface area contributed by atoms with E-state index < -0.39 is 17.4 Å². The quantitative estimate of drug-likeness (QED) is 0.290. The lowest BCUT2D eigenvalue weighted by molar-refractivity contribution is -0.113. The zero-order valence-electron chi connectivity index (χ0n) is 25.0. The van der Waals surface area contributed by atoms with Gasteiger partial charge in [0.2, 0.25) is 5.95 Å². The first-order valence-electron chi connectivity index (χ1n) is 14.6. The lowest BCUT2D eigenvalue weighted by Gasteiger charge is -2.42. The summed E-state index contributed by atoms with van der Waals surface area (Å²) in [5.74, 6) is 3.17. The van der Waals surface area contributed by atoms with E-state index in [1.807, 2.05) is 38.1 Å². The normalized spacial score (nSPS) is 18.8. The van der Waals surface area contributed by atoms with Crippen molar-refractivity contribution in [1.29, 1.82) is 0 Å². The van der Waals surface area contributed by atoms with E-state index in [9.17, 15) is 9.18 Å². The van der Waals surface area contributed by atoms with Crippen molar-refractivity contribution in [2.24, 2.45) is 10.9 Å². The second-order valence-electron chi connectivity index (χ2n) is 11.7. The average Bonchev–Trinajstić information content (AvgIpc) is 3.69. The molecule has 1 saturated heterocycles. The summed E-state index contributed by atoms with van der Waals surface area (Å²) in [5, 5.41) is 14.4. The Hall–Kier alpha value is -4.68. The number of pyridine rings is 1. The van der Waals surface area contributed by atoms with Crippen molar-refractivity contribution in [3.05, 3.63) is 65.6 Å². The second kappa shape index (κ2) is 11.2. The number of H-pyrrole nitrogens is 1. The molecule has 2 aliphatic heterocycles. The molecule has 2 atom stereocenters. The number of nitrogens with zero attached hydrogens (tertiary/aromatic N) is 9. The van der Waals surface area contributed by atoms with Crippen molar-refractivity contribution in [2.45, 2.75) is 65.1 Å². The largest absolute Gasteiger partial charge is 0.341 e. The van der Waals surface area contributed by atoms with E-state index in [1.54, 1.807) is 6.20 Å². The van der Waals surface area contributed by atoms with Gasteiger partial charge in [-0.15, -0.1) is 0 Å². The highest BCUT2D eigenvalue weighted by Gasteiger charge is 2.52. The van der Waals surface area contributed by atoms with Crippen LogP contribution in [0.3, 0.4) is 0 Å². The van der Waals surface area contributed by atoms with Crippen LogP contribution in [-0.4, -0.2) is 76.6 Å². The Morgan fingerprint density at radius 1 is 1.09 bits per heavy atom. The van der Waals surface area contributed by atoms with Crippen molar-refractivity contribution >= 4 is 29.7 Å². The van der Waals surface area contributed by atoms with Crippen LogP contribution in [0, 0.1) is 25.6 Å². The van der Waals surface area contributed by atoms with Gasteiger partial charge in [-0.3, -0.25) is 10.1 Å². The van der Waals surface area contributed by atoms with Gasteiger partial charge in [0.05, 0.1) is 24.0 Å². The van der Waals surface area contributed by atoms with E-state index in [-0.39, 0.29) is 12.0 Å². The Balaban J connectivity index is 1.21. The van der Waals surface area contributed by atoms with Gasteiger partial charge in [-0.05, 0) is 45.2 Å². The number of aliphatic imine (C=N–C) groups is 1. The first-order chi connectivity index (χ1) is 20.7. The van der Waals surface area contributed by atoms with Gasteiger partial charge in [-0.1, -0.05) is 19.9 Å². The van der Waals surface area contributed by atoms with Crippen LogP contribution in [0.2, 0.25) is 0 Å². The molecular weight excluding hydrogens is 549 g/mol. The molecule has 0 amide bonds. The van der Waals surface area contributed by atoms with Crippen LogP contribution < -0.4 is 10.2 Å². The highest BCUT2D eigenvalue weighted by molar-refractivity contribution is 5.91. The minimum atomic E-state index is -0.538. The minimum Gasteiger partial charge on any atom is -0.341 e. The summed E-state index contributed by atoms with van der Waals surface area (Å²) in [6.45, 7) is 11.5. The number of aryl methyl sites for hydroxylation is 2. The molecule has 4 aromatic rings. The number of halogens is 1. The third-order valence-electron chi connectivity index (χ3n) is 8.27. The molecule has 12 nitrogen and oxygen atoms in total. The van der Waals surface area contributed by atoms with Crippen LogP contribution >= 0.6 is 0 Å². The summed E-state index contributed by atoms with van der Waals surface area (Å²) >= 11 is 0. The number of rotatable bonds is 8. The van der Waals surface area contributed by atoms with Crippen molar-refractivity contribution in [2.75, 3.05) is 23.3 Å². The first kappa shape index (κ1) is 28.4. The number of anilines is 3. The first-order valence-corrected chi connectivity index (χ1v) is 14.6. The molecule has 4 aromatic heterocycles. The van der Waals surface area contributed by atoms with Crippen LogP contribution in [0.15, 0.2) is 47.8 Å². The van der Waals surface area contributed by atoms with E-state index >= 15 is 0 Å². The molecule has 224 valence electrons. The lowest BCUT2D eigenvalue weighted by Crippen LogP contribution is -2.54. The molecule has 1 spiro atoms. The number of aromatic nitrogens is 7. The summed E-state index contributed by atoms with van der Waals surface area (Å²) in [6.07, 6.45) is 6.63. The maximum atomic E-state index is 13.5. The van der Waals surface area contributed by atoms with E-state index in [2.05, 4.69) is 56.2 Å². The fourth-order valence-electron chi connectivity index (χ4n) is 6.05. The molecule has 2 aliphatic rings. The maximum absolute atomic E-state index is 13.5. The van der Waals surface area contributed by atoms with Gasteiger partial charge in [0.1, 0.15) is 24.0 Å². The predicted octanol–water partition coefficient (Wildman–Crippen LogP) is 4.32. The van der Waals surface area contributed by atoms with E-state index in [0.29, 0.717) is 49.3 Å². The fourth-order valence-corrected chi connectivity index (χ4v) is 6.05. The number of nitrogens with one attached hydrogen (secondary N) is 2. The number of carbonyl (C=O) groups excluding carboxylic acids is 1. The average molecular weight is 586 g/mol. The zero-order valence-corrected chi connectivity index (χ0v) is 25.0. The molecule has 0 bridgehead atoms. The summed E-state index contributed by atoms with van der Waals surface area (Å²) in [7, 11) is 0. The Bertz CT molecular complexity index is 1640. The van der Waals surface area contributed by atoms with E-state index in [1.165, 1.54) is 10.9 Å². The highest BCUT2D eigenvalue weighted by Crippen LogP contribution is 2.42. The smallest absolute Gasteiger partial charge is 0.227 e. The van der Waals surface area contributed by atoms with Gasteiger partial charge in [0, 0.05) is 48.7 Å². The number of amidine groups is 1. The van der Waals surface area contributed by atoms with Crippen LogP contribution in [0.1, 0.15) is 56.6 Å². The van der Waals surface area contributed by atoms with Crippen molar-refractivity contribution in [1.82, 2.24) is 39.8 Å². The van der Waals surface area contributed by atoms with Crippen molar-refractivity contribution in [3.8, 4) is 5.82 Å². The van der Waals surface area contributed by atoms with Gasteiger partial charge in [0.25, 0.3) is 0 Å².